The van der Waals surface area contributed by atoms with Crippen molar-refractivity contribution < 1.29 is 27.4 Å². The van der Waals surface area contributed by atoms with Crippen LogP contribution >= 0.6 is 12.4 Å². The normalized spacial score (nSPS) is 10.9. The highest BCUT2D eigenvalue weighted by Crippen LogP contribution is 2.32. The van der Waals surface area contributed by atoms with Gasteiger partial charge in [0.1, 0.15) is 13.2 Å². The largest absolute Gasteiger partial charge is 0.493 e. The summed E-state index contributed by atoms with van der Waals surface area (Å²) in [4.78, 5) is 2.18. The highest BCUT2D eigenvalue weighted by Gasteiger charge is 2.11. The van der Waals surface area contributed by atoms with Gasteiger partial charge in [-0.05, 0) is 48.9 Å². The maximum Gasteiger partial charge on any atom is 0.229 e. The standard InChI is InChI=1S/C27H34N2O6S.ClH/c1-29(15-14-21-10-12-24(32-2)26(18-21)33-3)16-17-34-25-13-11-23(28-36(4,30)31)19-27(25)35-20-22-8-6-5-7-9-22;/h5-13,18-19,28H,14-17,20H2,1-4H3;1H. The van der Waals surface area contributed by atoms with E-state index in [1.54, 1.807) is 32.4 Å². The minimum Gasteiger partial charge on any atom is -0.493 e. The molecule has 0 aliphatic rings. The van der Waals surface area contributed by atoms with Gasteiger partial charge in [0.25, 0.3) is 0 Å². The summed E-state index contributed by atoms with van der Waals surface area (Å²) >= 11 is 0. The van der Waals surface area contributed by atoms with Crippen LogP contribution < -0.4 is 23.7 Å². The topological polar surface area (TPSA) is 86.3 Å². The number of hydrogen-bond acceptors (Lipinski definition) is 7. The molecule has 3 aromatic rings. The minimum atomic E-state index is -3.41. The molecule has 1 N–H and O–H groups in total. The number of anilines is 1. The number of halogens is 1. The average Bonchev–Trinajstić information content (AvgIpc) is 2.86. The molecule has 0 atom stereocenters. The lowest BCUT2D eigenvalue weighted by Crippen LogP contribution is -2.26. The first-order chi connectivity index (χ1) is 17.3. The molecule has 0 amide bonds. The first kappa shape index (κ1) is 30.1. The Bertz CT molecular complexity index is 1220. The van der Waals surface area contributed by atoms with Gasteiger partial charge < -0.3 is 23.8 Å². The molecule has 0 bridgehead atoms. The summed E-state index contributed by atoms with van der Waals surface area (Å²) in [5, 5.41) is 0. The second kappa shape index (κ2) is 14.6. The predicted octanol–water partition coefficient (Wildman–Crippen LogP) is 4.63. The van der Waals surface area contributed by atoms with E-state index in [1.807, 2.05) is 55.6 Å². The van der Waals surface area contributed by atoms with Crippen molar-refractivity contribution in [1.82, 2.24) is 4.90 Å². The van der Waals surface area contributed by atoms with Crippen LogP contribution in [0.2, 0.25) is 0 Å². The van der Waals surface area contributed by atoms with E-state index in [4.69, 9.17) is 18.9 Å². The molecule has 8 nitrogen and oxygen atoms in total. The lowest BCUT2D eigenvalue weighted by atomic mass is 10.1. The van der Waals surface area contributed by atoms with Gasteiger partial charge >= 0.3 is 0 Å². The fourth-order valence-electron chi connectivity index (χ4n) is 3.53. The maximum atomic E-state index is 11.7. The zero-order chi connectivity index (χ0) is 26.0. The van der Waals surface area contributed by atoms with Crippen molar-refractivity contribution in [2.75, 3.05) is 51.9 Å². The molecule has 3 rings (SSSR count). The summed E-state index contributed by atoms with van der Waals surface area (Å²) < 4.78 is 48.5. The Morgan fingerprint density at radius 2 is 1.49 bits per heavy atom. The van der Waals surface area contributed by atoms with E-state index in [0.717, 1.165) is 36.1 Å². The van der Waals surface area contributed by atoms with Crippen molar-refractivity contribution >= 4 is 28.1 Å². The number of rotatable bonds is 14. The molecule has 0 saturated heterocycles. The number of hydrogen-bond donors (Lipinski definition) is 1. The highest BCUT2D eigenvalue weighted by atomic mass is 35.5. The van der Waals surface area contributed by atoms with Gasteiger partial charge in [-0.3, -0.25) is 4.72 Å². The predicted molar refractivity (Wildman–Crippen MR) is 149 cm³/mol. The van der Waals surface area contributed by atoms with Gasteiger partial charge in [-0.2, -0.15) is 0 Å². The molecule has 0 saturated carbocycles. The number of methoxy groups -OCH3 is 2. The second-order valence-corrected chi connectivity index (χ2v) is 10.1. The molecule has 37 heavy (non-hydrogen) atoms. The Kier molecular flexibility index (Phi) is 11.8. The van der Waals surface area contributed by atoms with Crippen LogP contribution in [0.1, 0.15) is 11.1 Å². The van der Waals surface area contributed by atoms with Crippen molar-refractivity contribution in [1.29, 1.82) is 0 Å². The molecule has 10 heteroatoms. The highest BCUT2D eigenvalue weighted by molar-refractivity contribution is 7.92. The Morgan fingerprint density at radius 1 is 0.784 bits per heavy atom. The molecule has 0 aliphatic heterocycles. The van der Waals surface area contributed by atoms with Crippen LogP contribution in [-0.4, -0.2) is 60.5 Å². The van der Waals surface area contributed by atoms with Crippen molar-refractivity contribution in [2.24, 2.45) is 0 Å². The third-order valence-electron chi connectivity index (χ3n) is 5.44. The Hall–Kier alpha value is -3.14. The number of nitrogens with one attached hydrogen (secondary N) is 1. The van der Waals surface area contributed by atoms with Crippen molar-refractivity contribution in [3.63, 3.8) is 0 Å². The third-order valence-corrected chi connectivity index (χ3v) is 6.05. The van der Waals surface area contributed by atoms with Crippen LogP contribution in [0.3, 0.4) is 0 Å². The molecule has 3 aromatic carbocycles. The van der Waals surface area contributed by atoms with E-state index >= 15 is 0 Å². The first-order valence-corrected chi connectivity index (χ1v) is 13.5. The van der Waals surface area contributed by atoms with E-state index < -0.39 is 10.0 Å². The van der Waals surface area contributed by atoms with Gasteiger partial charge in [0.2, 0.25) is 10.0 Å². The zero-order valence-electron chi connectivity index (χ0n) is 21.6. The third kappa shape index (κ3) is 10.0. The smallest absolute Gasteiger partial charge is 0.229 e. The summed E-state index contributed by atoms with van der Waals surface area (Å²) in [5.74, 6) is 2.46. The fourth-order valence-corrected chi connectivity index (χ4v) is 4.09. The number of benzene rings is 3. The first-order valence-electron chi connectivity index (χ1n) is 11.6. The number of likely N-dealkylation sites (N-methyl/N-ethyl adjacent to an activating group) is 1. The molecule has 0 heterocycles. The molecular formula is C27H35ClN2O6S. The average molecular weight is 551 g/mol. The van der Waals surface area contributed by atoms with Crippen LogP contribution in [0, 0.1) is 0 Å². The van der Waals surface area contributed by atoms with Gasteiger partial charge in [0.15, 0.2) is 23.0 Å². The van der Waals surface area contributed by atoms with Crippen LogP contribution in [0.15, 0.2) is 66.7 Å². The zero-order valence-corrected chi connectivity index (χ0v) is 23.2. The SMILES string of the molecule is COc1ccc(CCN(C)CCOc2ccc(NS(C)(=O)=O)cc2OCc2ccccc2)cc1OC.Cl. The van der Waals surface area contributed by atoms with Crippen LogP contribution in [0.4, 0.5) is 5.69 Å². The lowest BCUT2D eigenvalue weighted by molar-refractivity contribution is 0.223. The van der Waals surface area contributed by atoms with Crippen LogP contribution in [-0.2, 0) is 23.1 Å². The molecule has 0 radical (unpaired) electrons. The molecular weight excluding hydrogens is 516 g/mol. The Morgan fingerprint density at radius 3 is 2.16 bits per heavy atom. The van der Waals surface area contributed by atoms with Crippen LogP contribution in [0.25, 0.3) is 0 Å². The second-order valence-electron chi connectivity index (χ2n) is 8.40. The minimum absolute atomic E-state index is 0. The number of nitrogens with zero attached hydrogens (tertiary/aromatic N) is 1. The molecule has 0 spiro atoms. The van der Waals surface area contributed by atoms with Gasteiger partial charge in [-0.1, -0.05) is 36.4 Å². The number of sulfonamides is 1. The molecule has 0 unspecified atom stereocenters. The summed E-state index contributed by atoms with van der Waals surface area (Å²) in [6, 6.07) is 20.7. The van der Waals surface area contributed by atoms with Gasteiger partial charge in [0.05, 0.1) is 26.2 Å². The molecule has 0 aromatic heterocycles. The van der Waals surface area contributed by atoms with Gasteiger partial charge in [-0.25, -0.2) is 8.42 Å². The monoisotopic (exact) mass is 550 g/mol. The number of ether oxygens (including phenoxy) is 4. The lowest BCUT2D eigenvalue weighted by Gasteiger charge is -2.19. The summed E-state index contributed by atoms with van der Waals surface area (Å²) in [6.07, 6.45) is 1.97. The van der Waals surface area contributed by atoms with E-state index in [1.165, 1.54) is 0 Å². The van der Waals surface area contributed by atoms with E-state index in [0.29, 0.717) is 42.7 Å². The summed E-state index contributed by atoms with van der Waals surface area (Å²) in [5.41, 5.74) is 2.57. The summed E-state index contributed by atoms with van der Waals surface area (Å²) in [7, 11) is 1.89. The quantitative estimate of drug-likeness (QED) is 0.313. The van der Waals surface area contributed by atoms with E-state index in [9.17, 15) is 8.42 Å². The van der Waals surface area contributed by atoms with E-state index in [-0.39, 0.29) is 12.4 Å². The van der Waals surface area contributed by atoms with Crippen molar-refractivity contribution in [3.05, 3.63) is 77.9 Å². The Labute approximate surface area is 226 Å². The van der Waals surface area contributed by atoms with E-state index in [2.05, 4.69) is 9.62 Å². The van der Waals surface area contributed by atoms with Crippen molar-refractivity contribution in [3.8, 4) is 23.0 Å². The van der Waals surface area contributed by atoms with Crippen molar-refractivity contribution in [2.45, 2.75) is 13.0 Å². The molecule has 0 fully saturated rings. The fraction of sp³-hybridized carbons (Fsp3) is 0.333. The Balaban J connectivity index is 0.00000481. The summed E-state index contributed by atoms with van der Waals surface area (Å²) in [6.45, 7) is 2.33. The maximum absolute atomic E-state index is 11.7. The molecule has 202 valence electrons. The molecule has 0 aliphatic carbocycles. The van der Waals surface area contributed by atoms with Gasteiger partial charge in [-0.15, -0.1) is 12.4 Å². The van der Waals surface area contributed by atoms with Crippen LogP contribution in [0.5, 0.6) is 23.0 Å². The van der Waals surface area contributed by atoms with Gasteiger partial charge in [0, 0.05) is 19.2 Å².